The first-order valence-electron chi connectivity index (χ1n) is 11.4. The molecule has 0 saturated carbocycles. The van der Waals surface area contributed by atoms with E-state index in [4.69, 9.17) is 14.2 Å². The highest BCUT2D eigenvalue weighted by Crippen LogP contribution is 2.40. The van der Waals surface area contributed by atoms with Crippen molar-refractivity contribution < 1.29 is 44.2 Å². The zero-order chi connectivity index (χ0) is 24.4. The summed E-state index contributed by atoms with van der Waals surface area (Å²) in [5, 5.41) is 41.3. The Bertz CT molecular complexity index is 1040. The summed E-state index contributed by atoms with van der Waals surface area (Å²) in [5.41, 5.74) is 0.681. The normalized spacial score (nSPS) is 32.0. The van der Waals surface area contributed by atoms with Gasteiger partial charge in [-0.05, 0) is 23.8 Å². The number of Topliss-reactive ketones (excluding diaryl/α,β-unsaturated/α-hetero) is 2. The molecule has 2 aromatic rings. The molecule has 0 aromatic heterocycles. The number of carbonyl (C=O) groups excluding carboxylic acids is 2. The molecule has 0 spiro atoms. The van der Waals surface area contributed by atoms with Crippen molar-refractivity contribution in [3.05, 3.63) is 42.0 Å². The summed E-state index contributed by atoms with van der Waals surface area (Å²) in [7, 11) is 0. The lowest BCUT2D eigenvalue weighted by Crippen LogP contribution is -2.54. The van der Waals surface area contributed by atoms with Crippen LogP contribution in [0.2, 0.25) is 0 Å². The van der Waals surface area contributed by atoms with E-state index in [-0.39, 0.29) is 19.6 Å². The van der Waals surface area contributed by atoms with E-state index in [9.17, 15) is 30.0 Å². The van der Waals surface area contributed by atoms with E-state index in [1.165, 1.54) is 6.92 Å². The minimum Gasteiger partial charge on any atom is -0.485 e. The number of benzene rings is 2. The van der Waals surface area contributed by atoms with E-state index in [2.05, 4.69) is 0 Å². The van der Waals surface area contributed by atoms with Gasteiger partial charge in [-0.1, -0.05) is 30.3 Å². The van der Waals surface area contributed by atoms with Crippen LogP contribution in [0, 0.1) is 0 Å². The van der Waals surface area contributed by atoms with Gasteiger partial charge in [-0.25, -0.2) is 0 Å². The highest BCUT2D eigenvalue weighted by Gasteiger charge is 2.42. The Hall–Kier alpha value is -2.40. The van der Waals surface area contributed by atoms with Crippen LogP contribution in [0.25, 0.3) is 10.8 Å². The number of ether oxygens (including phenoxy) is 3. The first-order valence-corrected chi connectivity index (χ1v) is 11.4. The average molecular weight is 475 g/mol. The largest absolute Gasteiger partial charge is 0.485 e. The van der Waals surface area contributed by atoms with Crippen molar-refractivity contribution in [3.63, 3.8) is 0 Å². The lowest BCUT2D eigenvalue weighted by atomic mass is 9.92. The van der Waals surface area contributed by atoms with Crippen LogP contribution >= 0.6 is 0 Å². The fourth-order valence-electron chi connectivity index (χ4n) is 4.62. The van der Waals surface area contributed by atoms with Crippen LogP contribution in [0.5, 0.6) is 5.75 Å². The Morgan fingerprint density at radius 1 is 1.09 bits per heavy atom. The van der Waals surface area contributed by atoms with Crippen LogP contribution in [0.3, 0.4) is 0 Å². The summed E-state index contributed by atoms with van der Waals surface area (Å²) < 4.78 is 17.3. The Kier molecular flexibility index (Phi) is 7.61. The van der Waals surface area contributed by atoms with Gasteiger partial charge in [0, 0.05) is 24.8 Å². The van der Waals surface area contributed by atoms with Crippen molar-refractivity contribution in [2.45, 2.75) is 68.9 Å². The van der Waals surface area contributed by atoms with Crippen LogP contribution in [0.15, 0.2) is 36.4 Å². The number of aliphatic hydroxyl groups excluding tert-OH is 4. The summed E-state index contributed by atoms with van der Waals surface area (Å²) in [6.07, 6.45) is -6.21. The number of aliphatic hydroxyl groups is 4. The summed E-state index contributed by atoms with van der Waals surface area (Å²) in [6, 6.07) is 11.2. The molecule has 2 saturated heterocycles. The van der Waals surface area contributed by atoms with Crippen molar-refractivity contribution in [2.75, 3.05) is 13.2 Å². The maximum Gasteiger partial charge on any atom is 0.193 e. The van der Waals surface area contributed by atoms with Crippen molar-refractivity contribution >= 4 is 22.3 Å². The average Bonchev–Trinajstić information content (AvgIpc) is 2.83. The molecule has 9 heteroatoms. The molecule has 2 aromatic carbocycles. The maximum atomic E-state index is 12.6. The minimum absolute atomic E-state index is 0.221. The van der Waals surface area contributed by atoms with Gasteiger partial charge in [-0.3, -0.25) is 9.59 Å². The van der Waals surface area contributed by atoms with Crippen molar-refractivity contribution in [3.8, 4) is 5.75 Å². The molecule has 2 aliphatic rings. The fourth-order valence-corrected chi connectivity index (χ4v) is 4.62. The number of ketones is 2. The molecule has 2 fully saturated rings. The second-order valence-corrected chi connectivity index (χ2v) is 8.95. The Balaban J connectivity index is 1.52. The molecule has 2 heterocycles. The number of rotatable bonds is 7. The number of carbonyl (C=O) groups is 2. The van der Waals surface area contributed by atoms with Gasteiger partial charge in [-0.15, -0.1) is 0 Å². The molecule has 0 amide bonds. The molecule has 0 bridgehead atoms. The minimum atomic E-state index is -1.59. The van der Waals surface area contributed by atoms with E-state index in [0.29, 0.717) is 24.2 Å². The van der Waals surface area contributed by atoms with Gasteiger partial charge in [0.2, 0.25) is 0 Å². The van der Waals surface area contributed by atoms with E-state index in [1.807, 2.05) is 30.3 Å². The van der Waals surface area contributed by atoms with Crippen molar-refractivity contribution in [1.82, 2.24) is 0 Å². The molecule has 4 rings (SSSR count). The first kappa shape index (κ1) is 24.7. The zero-order valence-electron chi connectivity index (χ0n) is 18.9. The Labute approximate surface area is 196 Å². The molecular weight excluding hydrogens is 444 g/mol. The van der Waals surface area contributed by atoms with Crippen LogP contribution in [-0.4, -0.2) is 81.8 Å². The lowest BCUT2D eigenvalue weighted by Gasteiger charge is -2.34. The summed E-state index contributed by atoms with van der Waals surface area (Å²) in [4.78, 5) is 24.8. The molecule has 7 atom stereocenters. The van der Waals surface area contributed by atoms with Crippen LogP contribution in [0.1, 0.15) is 37.9 Å². The second kappa shape index (κ2) is 10.5. The van der Waals surface area contributed by atoms with Gasteiger partial charge >= 0.3 is 0 Å². The smallest absolute Gasteiger partial charge is 0.193 e. The van der Waals surface area contributed by atoms with E-state index in [0.717, 1.165) is 10.8 Å². The van der Waals surface area contributed by atoms with Crippen LogP contribution in [0.4, 0.5) is 0 Å². The summed E-state index contributed by atoms with van der Waals surface area (Å²) in [5.74, 6) is -0.737. The second-order valence-electron chi connectivity index (χ2n) is 8.95. The number of hydrogen-bond acceptors (Lipinski definition) is 9. The summed E-state index contributed by atoms with van der Waals surface area (Å²) in [6.45, 7) is 0.958. The third kappa shape index (κ3) is 5.14. The first-order chi connectivity index (χ1) is 16.3. The molecule has 3 unspecified atom stereocenters. The fraction of sp³-hybridized carbons (Fsp3) is 0.520. The van der Waals surface area contributed by atoms with Crippen molar-refractivity contribution in [2.24, 2.45) is 0 Å². The molecule has 2 aliphatic heterocycles. The van der Waals surface area contributed by atoms with Gasteiger partial charge in [0.15, 0.2) is 11.6 Å². The SMILES string of the molecule is C[C@@H]1O[C@@H](CC(=O)COc2ccc3ccccc3c2C2CC(O)CC(CO)O2)C(=O)[C@H](O)[C@@H]1O. The predicted molar refractivity (Wildman–Crippen MR) is 120 cm³/mol. The highest BCUT2D eigenvalue weighted by atomic mass is 16.5. The number of fused-ring (bicyclic) bond motifs is 1. The van der Waals surface area contributed by atoms with E-state index >= 15 is 0 Å². The Morgan fingerprint density at radius 2 is 1.85 bits per heavy atom. The number of hydrogen-bond donors (Lipinski definition) is 4. The molecular formula is C25H30O9. The Morgan fingerprint density at radius 3 is 2.62 bits per heavy atom. The third-order valence-electron chi connectivity index (χ3n) is 6.43. The van der Waals surface area contributed by atoms with Crippen LogP contribution < -0.4 is 4.74 Å². The van der Waals surface area contributed by atoms with Gasteiger partial charge < -0.3 is 34.6 Å². The molecule has 9 nitrogen and oxygen atoms in total. The van der Waals surface area contributed by atoms with E-state index in [1.54, 1.807) is 6.07 Å². The third-order valence-corrected chi connectivity index (χ3v) is 6.43. The summed E-state index contributed by atoms with van der Waals surface area (Å²) >= 11 is 0. The topological polar surface area (TPSA) is 143 Å². The predicted octanol–water partition coefficient (Wildman–Crippen LogP) is 0.829. The molecule has 184 valence electrons. The molecule has 0 radical (unpaired) electrons. The molecule has 0 aliphatic carbocycles. The highest BCUT2D eigenvalue weighted by molar-refractivity contribution is 5.94. The lowest BCUT2D eigenvalue weighted by molar-refractivity contribution is -0.180. The van der Waals surface area contributed by atoms with Gasteiger partial charge in [0.1, 0.15) is 30.7 Å². The van der Waals surface area contributed by atoms with Gasteiger partial charge in [0.05, 0.1) is 31.0 Å². The van der Waals surface area contributed by atoms with Gasteiger partial charge in [-0.2, -0.15) is 0 Å². The molecule has 34 heavy (non-hydrogen) atoms. The quantitative estimate of drug-likeness (QED) is 0.459. The van der Waals surface area contributed by atoms with Crippen LogP contribution in [-0.2, 0) is 19.1 Å². The zero-order valence-corrected chi connectivity index (χ0v) is 18.9. The maximum absolute atomic E-state index is 12.6. The standard InChI is InChI=1S/C25H30O9/c1-13-23(29)25(31)24(30)21(33-13)10-16(28)12-32-19-7-6-14-4-2-3-5-18(14)22(19)20-9-15(27)8-17(11-26)34-20/h2-7,13,15,17,20-21,23,25-27,29,31H,8-12H2,1H3/t13-,15?,17?,20?,21-,23+,25+/m0/s1. The monoisotopic (exact) mass is 474 g/mol. The van der Waals surface area contributed by atoms with Crippen molar-refractivity contribution in [1.29, 1.82) is 0 Å². The van der Waals surface area contributed by atoms with Gasteiger partial charge in [0.25, 0.3) is 0 Å². The molecule has 4 N–H and O–H groups in total. The van der Waals surface area contributed by atoms with E-state index < -0.39 is 54.3 Å².